The Morgan fingerprint density at radius 3 is 2.60 bits per heavy atom. The van der Waals surface area contributed by atoms with Gasteiger partial charge in [-0.05, 0) is 42.5 Å². The first-order valence-electron chi connectivity index (χ1n) is 5.77. The minimum Gasteiger partial charge on any atom is -0.331 e. The van der Waals surface area contributed by atoms with Crippen LogP contribution in [0.3, 0.4) is 0 Å². The molecule has 0 saturated heterocycles. The van der Waals surface area contributed by atoms with Gasteiger partial charge < -0.3 is 4.98 Å². The van der Waals surface area contributed by atoms with Gasteiger partial charge in [-0.1, -0.05) is 35.3 Å². The maximum absolute atomic E-state index is 12.6. The van der Waals surface area contributed by atoms with E-state index in [1.807, 2.05) is 6.07 Å². The van der Waals surface area contributed by atoms with Crippen LogP contribution in [0.5, 0.6) is 0 Å². The van der Waals surface area contributed by atoms with Gasteiger partial charge in [-0.15, -0.1) is 0 Å². The maximum Gasteiger partial charge on any atom is 0.266 e. The summed E-state index contributed by atoms with van der Waals surface area (Å²) in [5, 5.41) is 1.42. The van der Waals surface area contributed by atoms with Gasteiger partial charge in [0.15, 0.2) is 4.77 Å². The van der Waals surface area contributed by atoms with Gasteiger partial charge in [0.1, 0.15) is 0 Å². The number of hydrogen-bond acceptors (Lipinski definition) is 2. The van der Waals surface area contributed by atoms with Gasteiger partial charge in [0.2, 0.25) is 0 Å². The highest BCUT2D eigenvalue weighted by atomic mass is 35.5. The third kappa shape index (κ3) is 2.16. The van der Waals surface area contributed by atoms with E-state index in [1.54, 1.807) is 36.4 Å². The quantitative estimate of drug-likeness (QED) is 0.676. The molecule has 0 aliphatic carbocycles. The molecule has 3 rings (SSSR count). The molecule has 2 aromatic carbocycles. The number of para-hydroxylation sites is 1. The van der Waals surface area contributed by atoms with Crippen LogP contribution < -0.4 is 5.56 Å². The Morgan fingerprint density at radius 2 is 1.85 bits per heavy atom. The van der Waals surface area contributed by atoms with Crippen LogP contribution in [0, 0.1) is 4.77 Å². The first-order chi connectivity index (χ1) is 9.58. The van der Waals surface area contributed by atoms with E-state index >= 15 is 0 Å². The zero-order chi connectivity index (χ0) is 14.3. The molecule has 0 bridgehead atoms. The molecule has 0 aliphatic rings. The average molecular weight is 323 g/mol. The lowest BCUT2D eigenvalue weighted by Crippen LogP contribution is -2.20. The van der Waals surface area contributed by atoms with Crippen molar-refractivity contribution in [1.82, 2.24) is 9.55 Å². The van der Waals surface area contributed by atoms with E-state index < -0.39 is 0 Å². The third-order valence-electron chi connectivity index (χ3n) is 2.96. The highest BCUT2D eigenvalue weighted by molar-refractivity contribution is 7.71. The van der Waals surface area contributed by atoms with Gasteiger partial charge in [-0.25, -0.2) is 0 Å². The van der Waals surface area contributed by atoms with Crippen molar-refractivity contribution in [1.29, 1.82) is 0 Å². The molecule has 3 aromatic rings. The summed E-state index contributed by atoms with van der Waals surface area (Å²) >= 11 is 17.3. The van der Waals surface area contributed by atoms with E-state index in [9.17, 15) is 4.79 Å². The zero-order valence-corrected chi connectivity index (χ0v) is 12.4. The van der Waals surface area contributed by atoms with Crippen LogP contribution in [-0.2, 0) is 0 Å². The third-order valence-corrected chi connectivity index (χ3v) is 3.78. The van der Waals surface area contributed by atoms with Gasteiger partial charge in [-0.3, -0.25) is 9.36 Å². The molecule has 0 saturated carbocycles. The summed E-state index contributed by atoms with van der Waals surface area (Å²) in [4.78, 5) is 15.6. The number of aromatic nitrogens is 2. The minimum atomic E-state index is -0.214. The largest absolute Gasteiger partial charge is 0.331 e. The molecular formula is C14H8Cl2N2OS. The van der Waals surface area contributed by atoms with Crippen LogP contribution in [0.15, 0.2) is 47.3 Å². The van der Waals surface area contributed by atoms with Gasteiger partial charge in [0, 0.05) is 5.02 Å². The first kappa shape index (κ1) is 13.4. The van der Waals surface area contributed by atoms with E-state index in [2.05, 4.69) is 4.98 Å². The molecule has 0 spiro atoms. The highest BCUT2D eigenvalue weighted by Crippen LogP contribution is 2.24. The molecule has 1 N–H and O–H groups in total. The fourth-order valence-corrected chi connectivity index (χ4v) is 2.83. The molecule has 0 atom stereocenters. The lowest BCUT2D eigenvalue weighted by molar-refractivity contribution is 0.940. The Balaban J connectivity index is 2.43. The summed E-state index contributed by atoms with van der Waals surface area (Å²) < 4.78 is 1.66. The van der Waals surface area contributed by atoms with Crippen molar-refractivity contribution in [3.8, 4) is 5.69 Å². The van der Waals surface area contributed by atoms with E-state index in [0.29, 0.717) is 26.6 Å². The Bertz CT molecular complexity index is 930. The van der Waals surface area contributed by atoms with E-state index in [0.717, 1.165) is 0 Å². The molecule has 0 amide bonds. The molecule has 1 aromatic heterocycles. The van der Waals surface area contributed by atoms with Crippen LogP contribution >= 0.6 is 35.4 Å². The van der Waals surface area contributed by atoms with Crippen molar-refractivity contribution in [2.24, 2.45) is 0 Å². The lowest BCUT2D eigenvalue weighted by atomic mass is 10.2. The highest BCUT2D eigenvalue weighted by Gasteiger charge is 2.10. The number of halogens is 2. The zero-order valence-electron chi connectivity index (χ0n) is 10.1. The molecule has 0 unspecified atom stereocenters. The second-order valence-corrected chi connectivity index (χ2v) is 5.44. The second kappa shape index (κ2) is 5.05. The van der Waals surface area contributed by atoms with Gasteiger partial charge in [-0.2, -0.15) is 0 Å². The molecule has 0 aliphatic heterocycles. The van der Waals surface area contributed by atoms with Crippen molar-refractivity contribution in [3.05, 3.63) is 67.6 Å². The number of H-pyrrole nitrogens is 1. The topological polar surface area (TPSA) is 37.8 Å². The van der Waals surface area contributed by atoms with Crippen molar-refractivity contribution in [2.75, 3.05) is 0 Å². The predicted octanol–water partition coefficient (Wildman–Crippen LogP) is 4.36. The first-order valence-corrected chi connectivity index (χ1v) is 6.94. The van der Waals surface area contributed by atoms with Crippen LogP contribution in [-0.4, -0.2) is 9.55 Å². The lowest BCUT2D eigenvalue weighted by Gasteiger charge is -2.10. The van der Waals surface area contributed by atoms with Crippen LogP contribution in [0.25, 0.3) is 16.6 Å². The molecule has 3 nitrogen and oxygen atoms in total. The number of nitrogens with one attached hydrogen (secondary N) is 1. The summed E-state index contributed by atoms with van der Waals surface area (Å²) in [6.45, 7) is 0. The fraction of sp³-hybridized carbons (Fsp3) is 0. The van der Waals surface area contributed by atoms with Gasteiger partial charge >= 0.3 is 0 Å². The van der Waals surface area contributed by atoms with Gasteiger partial charge in [0.05, 0.1) is 21.6 Å². The van der Waals surface area contributed by atoms with E-state index in [4.69, 9.17) is 35.4 Å². The summed E-state index contributed by atoms with van der Waals surface area (Å²) in [5.41, 5.74) is 0.991. The smallest absolute Gasteiger partial charge is 0.266 e. The molecule has 0 radical (unpaired) electrons. The molecular weight excluding hydrogens is 315 g/mol. The van der Waals surface area contributed by atoms with Crippen molar-refractivity contribution >= 4 is 46.3 Å². The number of fused-ring (bicyclic) bond motifs is 1. The van der Waals surface area contributed by atoms with Crippen LogP contribution in [0.2, 0.25) is 10.0 Å². The Kier molecular flexibility index (Phi) is 3.38. The maximum atomic E-state index is 12.6. The number of rotatable bonds is 1. The minimum absolute atomic E-state index is 0.214. The Labute approximate surface area is 129 Å². The van der Waals surface area contributed by atoms with Crippen LogP contribution in [0.4, 0.5) is 0 Å². The number of aromatic amines is 1. The predicted molar refractivity (Wildman–Crippen MR) is 84.7 cm³/mol. The summed E-state index contributed by atoms with van der Waals surface area (Å²) in [6, 6.07) is 12.1. The number of hydrogen-bond donors (Lipinski definition) is 1. The van der Waals surface area contributed by atoms with E-state index in [-0.39, 0.29) is 10.3 Å². The summed E-state index contributed by atoms with van der Waals surface area (Å²) in [6.07, 6.45) is 0. The van der Waals surface area contributed by atoms with Gasteiger partial charge in [0.25, 0.3) is 5.56 Å². The fourth-order valence-electron chi connectivity index (χ4n) is 2.04. The monoisotopic (exact) mass is 322 g/mol. The number of nitrogens with zero attached hydrogens (tertiary/aromatic N) is 1. The SMILES string of the molecule is O=c1c2ccccc2[nH]c(=S)n1-c1ccc(Cl)cc1Cl. The molecule has 0 fully saturated rings. The van der Waals surface area contributed by atoms with E-state index in [1.165, 1.54) is 4.57 Å². The second-order valence-electron chi connectivity index (χ2n) is 4.21. The molecule has 1 heterocycles. The molecule has 100 valence electrons. The Morgan fingerprint density at radius 1 is 1.10 bits per heavy atom. The van der Waals surface area contributed by atoms with Crippen molar-refractivity contribution in [3.63, 3.8) is 0 Å². The summed E-state index contributed by atoms with van der Waals surface area (Å²) in [5.74, 6) is 0. The average Bonchev–Trinajstić information content (AvgIpc) is 2.41. The van der Waals surface area contributed by atoms with Crippen LogP contribution in [0.1, 0.15) is 0 Å². The standard InChI is InChI=1S/C14H8Cl2N2OS/c15-8-5-6-12(10(16)7-8)18-13(19)9-3-1-2-4-11(9)17-14(18)20/h1-7H,(H,17,20). The molecule has 6 heteroatoms. The number of benzene rings is 2. The Hall–Kier alpha value is -1.62. The summed E-state index contributed by atoms with van der Waals surface area (Å²) in [7, 11) is 0. The normalized spacial score (nSPS) is 10.9. The molecule has 20 heavy (non-hydrogen) atoms. The van der Waals surface area contributed by atoms with Crippen molar-refractivity contribution in [2.45, 2.75) is 0 Å². The van der Waals surface area contributed by atoms with Crippen molar-refractivity contribution < 1.29 is 0 Å².